The Bertz CT molecular complexity index is 654. The Balaban J connectivity index is 2.16. The number of hydrogen-bond acceptors (Lipinski definition) is 2. The van der Waals surface area contributed by atoms with E-state index < -0.39 is 0 Å². The standard InChI is InChI=1S/C18H21N3O2/c1-13-8-10-15(11-9-13)17(14-6-4-3-5-7-14)21-16(22)12-20-18(23)19-2/h3-11,17H,12H2,1-2H3,(H,21,22)(H2,19,20,23)/t17-/m1/s1. The highest BCUT2D eigenvalue weighted by molar-refractivity contribution is 5.84. The van der Waals surface area contributed by atoms with Crippen molar-refractivity contribution in [2.24, 2.45) is 0 Å². The van der Waals surface area contributed by atoms with Gasteiger partial charge in [0.15, 0.2) is 0 Å². The fourth-order valence-electron chi connectivity index (χ4n) is 2.22. The normalized spacial score (nSPS) is 11.4. The summed E-state index contributed by atoms with van der Waals surface area (Å²) in [5, 5.41) is 7.87. The summed E-state index contributed by atoms with van der Waals surface area (Å²) >= 11 is 0. The second-order valence-electron chi connectivity index (χ2n) is 5.25. The van der Waals surface area contributed by atoms with Crippen LogP contribution in [0.5, 0.6) is 0 Å². The lowest BCUT2D eigenvalue weighted by Gasteiger charge is -2.20. The zero-order chi connectivity index (χ0) is 16.7. The Hall–Kier alpha value is -2.82. The van der Waals surface area contributed by atoms with Crippen LogP contribution in [0.1, 0.15) is 22.7 Å². The van der Waals surface area contributed by atoms with Gasteiger partial charge in [0.05, 0.1) is 12.6 Å². The minimum atomic E-state index is -0.383. The zero-order valence-corrected chi connectivity index (χ0v) is 13.3. The van der Waals surface area contributed by atoms with E-state index in [2.05, 4.69) is 16.0 Å². The number of rotatable bonds is 5. The molecule has 3 N–H and O–H groups in total. The molecule has 23 heavy (non-hydrogen) atoms. The monoisotopic (exact) mass is 311 g/mol. The number of aryl methyl sites for hydroxylation is 1. The van der Waals surface area contributed by atoms with Crippen LogP contribution in [0, 0.1) is 6.92 Å². The Labute approximate surface area is 136 Å². The van der Waals surface area contributed by atoms with Gasteiger partial charge in [-0.3, -0.25) is 4.79 Å². The molecule has 0 unspecified atom stereocenters. The highest BCUT2D eigenvalue weighted by Crippen LogP contribution is 2.22. The van der Waals surface area contributed by atoms with Gasteiger partial charge in [0.2, 0.25) is 5.91 Å². The minimum Gasteiger partial charge on any atom is -0.344 e. The predicted molar refractivity (Wildman–Crippen MR) is 90.1 cm³/mol. The van der Waals surface area contributed by atoms with Crippen LogP contribution in [0.3, 0.4) is 0 Å². The second-order valence-corrected chi connectivity index (χ2v) is 5.25. The van der Waals surface area contributed by atoms with Gasteiger partial charge >= 0.3 is 6.03 Å². The van der Waals surface area contributed by atoms with E-state index in [1.54, 1.807) is 0 Å². The first kappa shape index (κ1) is 16.5. The van der Waals surface area contributed by atoms with E-state index in [1.165, 1.54) is 7.05 Å². The van der Waals surface area contributed by atoms with E-state index in [0.717, 1.165) is 16.7 Å². The number of amides is 3. The first-order chi connectivity index (χ1) is 11.1. The molecule has 0 fully saturated rings. The molecule has 0 saturated carbocycles. The topological polar surface area (TPSA) is 70.2 Å². The number of hydrogen-bond donors (Lipinski definition) is 3. The van der Waals surface area contributed by atoms with Crippen molar-refractivity contribution in [1.82, 2.24) is 16.0 Å². The molecule has 0 radical (unpaired) electrons. The van der Waals surface area contributed by atoms with Crippen molar-refractivity contribution in [3.8, 4) is 0 Å². The fraction of sp³-hybridized carbons (Fsp3) is 0.222. The molecule has 0 aliphatic rings. The van der Waals surface area contributed by atoms with Gasteiger partial charge in [-0.1, -0.05) is 60.2 Å². The molecule has 0 aliphatic heterocycles. The molecule has 2 aromatic rings. The van der Waals surface area contributed by atoms with Crippen LogP contribution in [0.4, 0.5) is 4.79 Å². The zero-order valence-electron chi connectivity index (χ0n) is 13.3. The predicted octanol–water partition coefficient (Wildman–Crippen LogP) is 2.13. The van der Waals surface area contributed by atoms with Gasteiger partial charge in [0.1, 0.15) is 0 Å². The number of nitrogens with one attached hydrogen (secondary N) is 3. The Morgan fingerprint density at radius 1 is 0.957 bits per heavy atom. The molecule has 0 heterocycles. The molecular weight excluding hydrogens is 290 g/mol. The SMILES string of the molecule is CNC(=O)NCC(=O)N[C@H](c1ccccc1)c1ccc(C)cc1. The molecule has 5 heteroatoms. The van der Waals surface area contributed by atoms with E-state index >= 15 is 0 Å². The third kappa shape index (κ3) is 4.85. The van der Waals surface area contributed by atoms with Crippen LogP contribution >= 0.6 is 0 Å². The quantitative estimate of drug-likeness (QED) is 0.791. The van der Waals surface area contributed by atoms with Gasteiger partial charge in [-0.05, 0) is 18.1 Å². The first-order valence-electron chi connectivity index (χ1n) is 7.46. The van der Waals surface area contributed by atoms with Gasteiger partial charge in [-0.2, -0.15) is 0 Å². The van der Waals surface area contributed by atoms with Crippen molar-refractivity contribution in [2.75, 3.05) is 13.6 Å². The summed E-state index contributed by atoms with van der Waals surface area (Å²) in [7, 11) is 1.51. The number of carbonyl (C=O) groups is 2. The van der Waals surface area contributed by atoms with Crippen LogP contribution in [0.15, 0.2) is 54.6 Å². The number of urea groups is 1. The molecule has 2 aromatic carbocycles. The van der Waals surface area contributed by atoms with E-state index in [0.29, 0.717) is 0 Å². The van der Waals surface area contributed by atoms with Crippen molar-refractivity contribution in [2.45, 2.75) is 13.0 Å². The largest absolute Gasteiger partial charge is 0.344 e. The van der Waals surface area contributed by atoms with Gasteiger partial charge in [0, 0.05) is 7.05 Å². The molecule has 0 bridgehead atoms. The summed E-state index contributed by atoms with van der Waals surface area (Å²) in [4.78, 5) is 23.3. The number of carbonyl (C=O) groups excluding carboxylic acids is 2. The molecule has 3 amide bonds. The lowest BCUT2D eigenvalue weighted by molar-refractivity contribution is -0.120. The van der Waals surface area contributed by atoms with Crippen LogP contribution < -0.4 is 16.0 Å². The van der Waals surface area contributed by atoms with Gasteiger partial charge in [-0.15, -0.1) is 0 Å². The maximum Gasteiger partial charge on any atom is 0.314 e. The molecule has 120 valence electrons. The number of benzene rings is 2. The molecule has 0 aromatic heterocycles. The van der Waals surface area contributed by atoms with Crippen molar-refractivity contribution >= 4 is 11.9 Å². The molecule has 5 nitrogen and oxygen atoms in total. The van der Waals surface area contributed by atoms with Crippen LogP contribution in [0.2, 0.25) is 0 Å². The lowest BCUT2D eigenvalue weighted by atomic mass is 9.98. The highest BCUT2D eigenvalue weighted by atomic mass is 16.2. The van der Waals surface area contributed by atoms with Crippen molar-refractivity contribution < 1.29 is 9.59 Å². The highest BCUT2D eigenvalue weighted by Gasteiger charge is 2.16. The van der Waals surface area contributed by atoms with E-state index in [9.17, 15) is 9.59 Å². The van der Waals surface area contributed by atoms with Crippen LogP contribution in [0.25, 0.3) is 0 Å². The summed E-state index contributed by atoms with van der Waals surface area (Å²) in [6, 6.07) is 17.1. The maximum absolute atomic E-state index is 12.1. The van der Waals surface area contributed by atoms with Crippen molar-refractivity contribution in [1.29, 1.82) is 0 Å². The molecular formula is C18H21N3O2. The summed E-state index contributed by atoms with van der Waals surface area (Å²) < 4.78 is 0. The minimum absolute atomic E-state index is 0.0745. The second kappa shape index (κ2) is 7.98. The average molecular weight is 311 g/mol. The summed E-state index contributed by atoms with van der Waals surface area (Å²) in [6.45, 7) is 1.95. The molecule has 0 saturated heterocycles. The van der Waals surface area contributed by atoms with E-state index in [4.69, 9.17) is 0 Å². The van der Waals surface area contributed by atoms with E-state index in [1.807, 2.05) is 61.5 Å². The smallest absolute Gasteiger partial charge is 0.314 e. The lowest BCUT2D eigenvalue weighted by Crippen LogP contribution is -2.42. The summed E-state index contributed by atoms with van der Waals surface area (Å²) in [6.07, 6.45) is 0. The summed E-state index contributed by atoms with van der Waals surface area (Å²) in [5.41, 5.74) is 3.15. The summed E-state index contributed by atoms with van der Waals surface area (Å²) in [5.74, 6) is -0.247. The fourth-order valence-corrected chi connectivity index (χ4v) is 2.22. The maximum atomic E-state index is 12.1. The average Bonchev–Trinajstić information content (AvgIpc) is 2.59. The molecule has 1 atom stereocenters. The van der Waals surface area contributed by atoms with E-state index in [-0.39, 0.29) is 24.5 Å². The molecule has 2 rings (SSSR count). The van der Waals surface area contributed by atoms with Crippen molar-refractivity contribution in [3.05, 3.63) is 71.3 Å². The first-order valence-corrected chi connectivity index (χ1v) is 7.46. The van der Waals surface area contributed by atoms with Crippen molar-refractivity contribution in [3.63, 3.8) is 0 Å². The molecule has 0 aliphatic carbocycles. The molecule has 0 spiro atoms. The Morgan fingerprint density at radius 3 is 2.17 bits per heavy atom. The Morgan fingerprint density at radius 2 is 1.57 bits per heavy atom. The van der Waals surface area contributed by atoms with Crippen LogP contribution in [-0.4, -0.2) is 25.5 Å². The third-order valence-electron chi connectivity index (χ3n) is 3.49. The Kier molecular flexibility index (Phi) is 5.74. The van der Waals surface area contributed by atoms with Gasteiger partial charge in [-0.25, -0.2) is 4.79 Å². The van der Waals surface area contributed by atoms with Gasteiger partial charge in [0.25, 0.3) is 0 Å². The van der Waals surface area contributed by atoms with Gasteiger partial charge < -0.3 is 16.0 Å². The third-order valence-corrected chi connectivity index (χ3v) is 3.49. The van der Waals surface area contributed by atoms with Crippen LogP contribution in [-0.2, 0) is 4.79 Å².